The predicted molar refractivity (Wildman–Crippen MR) is 103 cm³/mol. The summed E-state index contributed by atoms with van der Waals surface area (Å²) in [5.74, 6) is -0.113. The minimum atomic E-state index is -0.172. The van der Waals surface area contributed by atoms with Crippen molar-refractivity contribution in [2.75, 3.05) is 0 Å². The van der Waals surface area contributed by atoms with Crippen molar-refractivity contribution in [3.63, 3.8) is 0 Å². The van der Waals surface area contributed by atoms with Crippen LogP contribution >= 0.6 is 0 Å². The number of hydrogen-bond donors (Lipinski definition) is 1. The molecular formula is C23H21NO. The second-order valence-electron chi connectivity index (χ2n) is 6.01. The number of carbonyl (C=O) groups is 1. The van der Waals surface area contributed by atoms with Crippen molar-refractivity contribution in [2.24, 2.45) is 0 Å². The van der Waals surface area contributed by atoms with Crippen LogP contribution in [0, 0.1) is 6.92 Å². The molecular weight excluding hydrogens is 306 g/mol. The van der Waals surface area contributed by atoms with Crippen molar-refractivity contribution in [3.05, 3.63) is 113 Å². The van der Waals surface area contributed by atoms with Crippen molar-refractivity contribution < 1.29 is 4.79 Å². The Morgan fingerprint density at radius 2 is 1.36 bits per heavy atom. The van der Waals surface area contributed by atoms with Gasteiger partial charge in [-0.05, 0) is 29.7 Å². The molecule has 124 valence electrons. The van der Waals surface area contributed by atoms with Crippen molar-refractivity contribution in [1.82, 2.24) is 5.32 Å². The van der Waals surface area contributed by atoms with E-state index >= 15 is 0 Å². The predicted octanol–water partition coefficient (Wildman–Crippen LogP) is 4.91. The molecule has 0 aliphatic heterocycles. The van der Waals surface area contributed by atoms with Gasteiger partial charge < -0.3 is 5.32 Å². The largest absolute Gasteiger partial charge is 0.342 e. The fraction of sp³-hybridized carbons (Fsp3) is 0.0870. The number of carbonyl (C=O) groups excluding carboxylic acids is 1. The highest BCUT2D eigenvalue weighted by atomic mass is 16.1. The highest BCUT2D eigenvalue weighted by Crippen LogP contribution is 2.22. The smallest absolute Gasteiger partial charge is 0.244 e. The summed E-state index contributed by atoms with van der Waals surface area (Å²) in [5.41, 5.74) is 4.33. The summed E-state index contributed by atoms with van der Waals surface area (Å²) in [6.07, 6.45) is 3.41. The Bertz CT molecular complexity index is 836. The third-order valence-electron chi connectivity index (χ3n) is 4.06. The maximum absolute atomic E-state index is 12.4. The molecule has 0 saturated heterocycles. The lowest BCUT2D eigenvalue weighted by molar-refractivity contribution is -0.116. The zero-order chi connectivity index (χ0) is 17.5. The van der Waals surface area contributed by atoms with E-state index in [4.69, 9.17) is 0 Å². The molecule has 2 heteroatoms. The SMILES string of the molecule is Cc1ccc([C@H](NC(=O)/C=C/c2ccccc2)c2ccccc2)cc1. The molecule has 1 N–H and O–H groups in total. The van der Waals surface area contributed by atoms with Crippen LogP contribution in [-0.4, -0.2) is 5.91 Å². The molecule has 0 radical (unpaired) electrons. The Morgan fingerprint density at radius 1 is 0.800 bits per heavy atom. The van der Waals surface area contributed by atoms with E-state index in [0.29, 0.717) is 0 Å². The van der Waals surface area contributed by atoms with Crippen LogP contribution in [0.15, 0.2) is 91.0 Å². The molecule has 0 unspecified atom stereocenters. The molecule has 0 aromatic heterocycles. The second kappa shape index (κ2) is 8.11. The molecule has 0 bridgehead atoms. The summed E-state index contributed by atoms with van der Waals surface area (Å²) in [5, 5.41) is 3.11. The molecule has 1 amide bonds. The lowest BCUT2D eigenvalue weighted by Crippen LogP contribution is -2.27. The summed E-state index contributed by atoms with van der Waals surface area (Å²) in [7, 11) is 0. The van der Waals surface area contributed by atoms with Gasteiger partial charge in [-0.2, -0.15) is 0 Å². The normalized spacial score (nSPS) is 12.0. The standard InChI is InChI=1S/C23H21NO/c1-18-12-15-21(16-13-18)23(20-10-6-3-7-11-20)24-22(25)17-14-19-8-4-2-5-9-19/h2-17,23H,1H3,(H,24,25)/b17-14+/t23-/m1/s1. The highest BCUT2D eigenvalue weighted by Gasteiger charge is 2.15. The van der Waals surface area contributed by atoms with Crippen LogP contribution in [0.5, 0.6) is 0 Å². The van der Waals surface area contributed by atoms with Crippen LogP contribution in [0.3, 0.4) is 0 Å². The third-order valence-corrected chi connectivity index (χ3v) is 4.06. The zero-order valence-corrected chi connectivity index (χ0v) is 14.2. The molecule has 0 saturated carbocycles. The van der Waals surface area contributed by atoms with Gasteiger partial charge in [0.05, 0.1) is 6.04 Å². The average molecular weight is 327 g/mol. The molecule has 25 heavy (non-hydrogen) atoms. The first-order valence-electron chi connectivity index (χ1n) is 8.37. The maximum atomic E-state index is 12.4. The van der Waals surface area contributed by atoms with Gasteiger partial charge in [0.25, 0.3) is 0 Å². The van der Waals surface area contributed by atoms with Gasteiger partial charge in [0, 0.05) is 6.08 Å². The van der Waals surface area contributed by atoms with Crippen LogP contribution < -0.4 is 5.32 Å². The number of benzene rings is 3. The number of hydrogen-bond acceptors (Lipinski definition) is 1. The van der Waals surface area contributed by atoms with Gasteiger partial charge in [-0.25, -0.2) is 0 Å². The lowest BCUT2D eigenvalue weighted by Gasteiger charge is -2.19. The van der Waals surface area contributed by atoms with E-state index in [9.17, 15) is 4.79 Å². The first kappa shape index (κ1) is 16.7. The molecule has 0 heterocycles. The first-order chi connectivity index (χ1) is 12.2. The van der Waals surface area contributed by atoms with Crippen LogP contribution in [0.25, 0.3) is 6.08 Å². The van der Waals surface area contributed by atoms with Crippen LogP contribution in [-0.2, 0) is 4.79 Å². The van der Waals surface area contributed by atoms with Gasteiger partial charge >= 0.3 is 0 Å². The summed E-state index contributed by atoms with van der Waals surface area (Å²) >= 11 is 0. The number of amides is 1. The van der Waals surface area contributed by atoms with Crippen molar-refractivity contribution in [2.45, 2.75) is 13.0 Å². The summed E-state index contributed by atoms with van der Waals surface area (Å²) in [6, 6.07) is 27.9. The Hall–Kier alpha value is -3.13. The number of nitrogens with one attached hydrogen (secondary N) is 1. The molecule has 0 fully saturated rings. The van der Waals surface area contributed by atoms with Crippen LogP contribution in [0.4, 0.5) is 0 Å². The van der Waals surface area contributed by atoms with Crippen molar-refractivity contribution in [3.8, 4) is 0 Å². The topological polar surface area (TPSA) is 29.1 Å². The van der Waals surface area contributed by atoms with Crippen LogP contribution in [0.1, 0.15) is 28.3 Å². The molecule has 0 aliphatic carbocycles. The van der Waals surface area contributed by atoms with E-state index in [1.165, 1.54) is 5.56 Å². The average Bonchev–Trinajstić information content (AvgIpc) is 2.67. The van der Waals surface area contributed by atoms with Gasteiger partial charge in [0.15, 0.2) is 0 Å². The van der Waals surface area contributed by atoms with Gasteiger partial charge in [-0.3, -0.25) is 4.79 Å². The number of rotatable bonds is 5. The van der Waals surface area contributed by atoms with Gasteiger partial charge in [-0.15, -0.1) is 0 Å². The Labute approximate surface area is 148 Å². The highest BCUT2D eigenvalue weighted by molar-refractivity contribution is 5.92. The van der Waals surface area contributed by atoms with Gasteiger partial charge in [-0.1, -0.05) is 90.5 Å². The van der Waals surface area contributed by atoms with Crippen LogP contribution in [0.2, 0.25) is 0 Å². The Morgan fingerprint density at radius 3 is 2.00 bits per heavy atom. The summed E-state index contributed by atoms with van der Waals surface area (Å²) in [6.45, 7) is 2.06. The monoisotopic (exact) mass is 327 g/mol. The molecule has 0 spiro atoms. The number of aryl methyl sites for hydroxylation is 1. The summed E-state index contributed by atoms with van der Waals surface area (Å²) < 4.78 is 0. The van der Waals surface area contributed by atoms with E-state index in [0.717, 1.165) is 16.7 Å². The quantitative estimate of drug-likeness (QED) is 0.663. The molecule has 2 nitrogen and oxygen atoms in total. The minimum Gasteiger partial charge on any atom is -0.342 e. The maximum Gasteiger partial charge on any atom is 0.244 e. The molecule has 3 rings (SSSR count). The second-order valence-corrected chi connectivity index (χ2v) is 6.01. The van der Waals surface area contributed by atoms with E-state index in [1.807, 2.05) is 66.7 Å². The fourth-order valence-electron chi connectivity index (χ4n) is 2.69. The van der Waals surface area contributed by atoms with E-state index < -0.39 is 0 Å². The molecule has 0 aliphatic rings. The third kappa shape index (κ3) is 4.67. The van der Waals surface area contributed by atoms with E-state index in [1.54, 1.807) is 6.08 Å². The van der Waals surface area contributed by atoms with Crippen molar-refractivity contribution >= 4 is 12.0 Å². The van der Waals surface area contributed by atoms with Gasteiger partial charge in [0.2, 0.25) is 5.91 Å². The lowest BCUT2D eigenvalue weighted by atomic mass is 9.98. The fourth-order valence-corrected chi connectivity index (χ4v) is 2.69. The van der Waals surface area contributed by atoms with Crippen molar-refractivity contribution in [1.29, 1.82) is 0 Å². The van der Waals surface area contributed by atoms with E-state index in [-0.39, 0.29) is 11.9 Å². The van der Waals surface area contributed by atoms with Gasteiger partial charge in [0.1, 0.15) is 0 Å². The molecule has 3 aromatic rings. The first-order valence-corrected chi connectivity index (χ1v) is 8.37. The Balaban J connectivity index is 1.81. The molecule has 3 aromatic carbocycles. The zero-order valence-electron chi connectivity index (χ0n) is 14.2. The minimum absolute atomic E-state index is 0.113. The Kier molecular flexibility index (Phi) is 5.43. The summed E-state index contributed by atoms with van der Waals surface area (Å²) in [4.78, 5) is 12.4. The van der Waals surface area contributed by atoms with E-state index in [2.05, 4.69) is 36.5 Å². The molecule has 1 atom stereocenters.